The predicted octanol–water partition coefficient (Wildman–Crippen LogP) is 2.79. The van der Waals surface area contributed by atoms with Gasteiger partial charge in [-0.05, 0) is 44.0 Å². The van der Waals surface area contributed by atoms with Crippen molar-refractivity contribution >= 4 is 0 Å². The van der Waals surface area contributed by atoms with E-state index in [9.17, 15) is 4.39 Å². The van der Waals surface area contributed by atoms with Crippen LogP contribution in [0.1, 0.15) is 32.3 Å². The summed E-state index contributed by atoms with van der Waals surface area (Å²) >= 11 is 0. The smallest absolute Gasteiger partial charge is 0.123 e. The van der Waals surface area contributed by atoms with Crippen molar-refractivity contribution in [2.45, 2.75) is 45.3 Å². The van der Waals surface area contributed by atoms with Crippen molar-refractivity contribution in [3.05, 3.63) is 35.6 Å². The van der Waals surface area contributed by atoms with Crippen LogP contribution < -0.4 is 5.32 Å². The molecule has 0 saturated carbocycles. The van der Waals surface area contributed by atoms with Gasteiger partial charge in [-0.25, -0.2) is 4.39 Å². The molecule has 100 valence electrons. The summed E-state index contributed by atoms with van der Waals surface area (Å²) in [7, 11) is 0. The highest BCUT2D eigenvalue weighted by molar-refractivity contribution is 5.16. The lowest BCUT2D eigenvalue weighted by Crippen LogP contribution is -2.46. The Hall–Kier alpha value is -0.930. The van der Waals surface area contributed by atoms with E-state index in [1.807, 2.05) is 6.07 Å². The molecular formula is C15H23FN2. The number of halogens is 1. The summed E-state index contributed by atoms with van der Waals surface area (Å²) < 4.78 is 13.2. The Bertz CT molecular complexity index is 381. The first kappa shape index (κ1) is 13.5. The summed E-state index contributed by atoms with van der Waals surface area (Å²) in [6.07, 6.45) is 2.37. The van der Waals surface area contributed by atoms with E-state index in [1.54, 1.807) is 12.1 Å². The molecule has 2 unspecified atom stereocenters. The molecule has 0 aromatic heterocycles. The molecule has 1 aromatic carbocycles. The lowest BCUT2D eigenvalue weighted by molar-refractivity contribution is 0.129. The number of piperidine rings is 1. The van der Waals surface area contributed by atoms with Gasteiger partial charge in [-0.15, -0.1) is 0 Å². The number of hydrogen-bond acceptors (Lipinski definition) is 2. The summed E-state index contributed by atoms with van der Waals surface area (Å²) in [4.78, 5) is 2.45. The summed E-state index contributed by atoms with van der Waals surface area (Å²) in [5.74, 6) is -0.136. The molecule has 3 heteroatoms. The topological polar surface area (TPSA) is 15.3 Å². The van der Waals surface area contributed by atoms with E-state index in [2.05, 4.69) is 24.1 Å². The number of hydrogen-bond donors (Lipinski definition) is 1. The van der Waals surface area contributed by atoms with Crippen molar-refractivity contribution < 1.29 is 4.39 Å². The summed E-state index contributed by atoms with van der Waals surface area (Å²) in [6.45, 7) is 7.42. The highest BCUT2D eigenvalue weighted by Crippen LogP contribution is 2.20. The van der Waals surface area contributed by atoms with Gasteiger partial charge in [0.05, 0.1) is 0 Å². The van der Waals surface area contributed by atoms with Gasteiger partial charge < -0.3 is 5.32 Å². The Balaban J connectivity index is 1.91. The SMILES string of the molecule is CCNC1CCN(Cc2cccc(F)c2)C(C)C1. The van der Waals surface area contributed by atoms with Crippen LogP contribution in [0, 0.1) is 5.82 Å². The first-order chi connectivity index (χ1) is 8.69. The molecule has 0 aliphatic carbocycles. The van der Waals surface area contributed by atoms with Crippen LogP contribution in [0.25, 0.3) is 0 Å². The molecule has 1 fully saturated rings. The fourth-order valence-electron chi connectivity index (χ4n) is 2.80. The molecule has 2 atom stereocenters. The number of rotatable bonds is 4. The highest BCUT2D eigenvalue weighted by Gasteiger charge is 2.24. The van der Waals surface area contributed by atoms with Crippen LogP contribution in [0.2, 0.25) is 0 Å². The average molecular weight is 250 g/mol. The molecule has 0 radical (unpaired) electrons. The Kier molecular flexibility index (Phi) is 4.72. The second-order valence-corrected chi connectivity index (χ2v) is 5.23. The Morgan fingerprint density at radius 2 is 2.28 bits per heavy atom. The highest BCUT2D eigenvalue weighted by atomic mass is 19.1. The Labute approximate surface area is 109 Å². The number of nitrogens with one attached hydrogen (secondary N) is 1. The van der Waals surface area contributed by atoms with Gasteiger partial charge in [0, 0.05) is 25.2 Å². The summed E-state index contributed by atoms with van der Waals surface area (Å²) in [5, 5.41) is 3.52. The van der Waals surface area contributed by atoms with E-state index in [1.165, 1.54) is 18.9 Å². The number of benzene rings is 1. The van der Waals surface area contributed by atoms with Gasteiger partial charge in [-0.3, -0.25) is 4.90 Å². The summed E-state index contributed by atoms with van der Waals surface area (Å²) in [6, 6.07) is 8.15. The normalized spacial score (nSPS) is 25.3. The van der Waals surface area contributed by atoms with E-state index < -0.39 is 0 Å². The van der Waals surface area contributed by atoms with E-state index >= 15 is 0 Å². The third-order valence-corrected chi connectivity index (χ3v) is 3.78. The van der Waals surface area contributed by atoms with Crippen molar-refractivity contribution in [1.29, 1.82) is 0 Å². The molecule has 18 heavy (non-hydrogen) atoms. The minimum absolute atomic E-state index is 0.136. The van der Waals surface area contributed by atoms with Crippen molar-refractivity contribution in [1.82, 2.24) is 10.2 Å². The van der Waals surface area contributed by atoms with E-state index in [4.69, 9.17) is 0 Å². The van der Waals surface area contributed by atoms with Gasteiger partial charge in [-0.2, -0.15) is 0 Å². The fraction of sp³-hybridized carbons (Fsp3) is 0.600. The third-order valence-electron chi connectivity index (χ3n) is 3.78. The minimum atomic E-state index is -0.136. The zero-order valence-corrected chi connectivity index (χ0v) is 11.3. The summed E-state index contributed by atoms with van der Waals surface area (Å²) in [5.41, 5.74) is 1.07. The zero-order valence-electron chi connectivity index (χ0n) is 11.3. The minimum Gasteiger partial charge on any atom is -0.314 e. The van der Waals surface area contributed by atoms with Crippen LogP contribution in [0.4, 0.5) is 4.39 Å². The molecule has 2 rings (SSSR count). The molecule has 1 heterocycles. The maximum atomic E-state index is 13.2. The fourth-order valence-corrected chi connectivity index (χ4v) is 2.80. The molecule has 0 spiro atoms. The Morgan fingerprint density at radius 3 is 2.94 bits per heavy atom. The van der Waals surface area contributed by atoms with Crippen LogP contribution in [0.15, 0.2) is 24.3 Å². The monoisotopic (exact) mass is 250 g/mol. The van der Waals surface area contributed by atoms with Crippen LogP contribution >= 0.6 is 0 Å². The second-order valence-electron chi connectivity index (χ2n) is 5.23. The van der Waals surface area contributed by atoms with Crippen LogP contribution in [0.3, 0.4) is 0 Å². The maximum Gasteiger partial charge on any atom is 0.123 e. The molecule has 1 N–H and O–H groups in total. The first-order valence-electron chi connectivity index (χ1n) is 6.91. The number of likely N-dealkylation sites (tertiary alicyclic amines) is 1. The van der Waals surface area contributed by atoms with Crippen LogP contribution in [-0.2, 0) is 6.54 Å². The van der Waals surface area contributed by atoms with Crippen LogP contribution in [0.5, 0.6) is 0 Å². The molecule has 1 saturated heterocycles. The van der Waals surface area contributed by atoms with Gasteiger partial charge in [0.25, 0.3) is 0 Å². The molecule has 0 amide bonds. The third kappa shape index (κ3) is 3.53. The van der Waals surface area contributed by atoms with Gasteiger partial charge in [0.2, 0.25) is 0 Å². The van der Waals surface area contributed by atoms with E-state index in [0.717, 1.165) is 25.2 Å². The average Bonchev–Trinajstić information content (AvgIpc) is 2.33. The van der Waals surface area contributed by atoms with Crippen LogP contribution in [-0.4, -0.2) is 30.1 Å². The molecule has 1 aliphatic rings. The van der Waals surface area contributed by atoms with Gasteiger partial charge >= 0.3 is 0 Å². The predicted molar refractivity (Wildman–Crippen MR) is 73.0 cm³/mol. The largest absolute Gasteiger partial charge is 0.314 e. The quantitative estimate of drug-likeness (QED) is 0.884. The molecular weight excluding hydrogens is 227 g/mol. The van der Waals surface area contributed by atoms with E-state index in [-0.39, 0.29) is 5.82 Å². The standard InChI is InChI=1S/C15H23FN2/c1-3-17-15-7-8-18(12(2)9-15)11-13-5-4-6-14(16)10-13/h4-6,10,12,15,17H,3,7-9,11H2,1-2H3. The first-order valence-corrected chi connectivity index (χ1v) is 6.91. The van der Waals surface area contributed by atoms with Crippen molar-refractivity contribution in [3.63, 3.8) is 0 Å². The van der Waals surface area contributed by atoms with Gasteiger partial charge in [0.1, 0.15) is 5.82 Å². The lowest BCUT2D eigenvalue weighted by atomic mass is 9.97. The molecule has 1 aromatic rings. The zero-order chi connectivity index (χ0) is 13.0. The molecule has 0 bridgehead atoms. The molecule has 1 aliphatic heterocycles. The van der Waals surface area contributed by atoms with Crippen molar-refractivity contribution in [2.24, 2.45) is 0 Å². The number of nitrogens with zero attached hydrogens (tertiary/aromatic N) is 1. The maximum absolute atomic E-state index is 13.2. The van der Waals surface area contributed by atoms with Crippen molar-refractivity contribution in [3.8, 4) is 0 Å². The lowest BCUT2D eigenvalue weighted by Gasteiger charge is -2.38. The van der Waals surface area contributed by atoms with Crippen molar-refractivity contribution in [2.75, 3.05) is 13.1 Å². The Morgan fingerprint density at radius 1 is 1.44 bits per heavy atom. The van der Waals surface area contributed by atoms with Gasteiger partial charge in [-0.1, -0.05) is 19.1 Å². The van der Waals surface area contributed by atoms with E-state index in [0.29, 0.717) is 12.1 Å². The second kappa shape index (κ2) is 6.30. The molecule has 2 nitrogen and oxygen atoms in total. The van der Waals surface area contributed by atoms with Gasteiger partial charge in [0.15, 0.2) is 0 Å².